The van der Waals surface area contributed by atoms with Gasteiger partial charge < -0.3 is 9.64 Å². The Bertz CT molecular complexity index is 748. The molecule has 5 heteroatoms. The first-order chi connectivity index (χ1) is 12.7. The lowest BCUT2D eigenvalue weighted by Gasteiger charge is -2.37. The fourth-order valence-electron chi connectivity index (χ4n) is 3.89. The monoisotopic (exact) mass is 351 g/mol. The van der Waals surface area contributed by atoms with Crippen molar-refractivity contribution in [3.8, 4) is 5.75 Å². The van der Waals surface area contributed by atoms with Crippen LogP contribution in [0.2, 0.25) is 0 Å². The topological polar surface area (TPSA) is 45.7 Å². The molecule has 2 aliphatic rings. The van der Waals surface area contributed by atoms with Crippen LogP contribution in [0.25, 0.3) is 0 Å². The fourth-order valence-corrected chi connectivity index (χ4v) is 3.89. The van der Waals surface area contributed by atoms with Gasteiger partial charge in [0.25, 0.3) is 0 Å². The van der Waals surface area contributed by atoms with E-state index >= 15 is 0 Å². The number of amides is 1. The van der Waals surface area contributed by atoms with Crippen LogP contribution < -0.4 is 4.74 Å². The summed E-state index contributed by atoms with van der Waals surface area (Å²) in [7, 11) is 0. The summed E-state index contributed by atoms with van der Waals surface area (Å²) < 4.78 is 6.16. The van der Waals surface area contributed by atoms with E-state index in [1.165, 1.54) is 5.56 Å². The molecular formula is C21H25N3O2. The van der Waals surface area contributed by atoms with Crippen molar-refractivity contribution in [1.29, 1.82) is 0 Å². The minimum atomic E-state index is 0.172. The summed E-state index contributed by atoms with van der Waals surface area (Å²) >= 11 is 0. The number of hydrogen-bond donors (Lipinski definition) is 0. The Labute approximate surface area is 154 Å². The second-order valence-corrected chi connectivity index (χ2v) is 7.27. The highest BCUT2D eigenvalue weighted by atomic mass is 16.5. The van der Waals surface area contributed by atoms with E-state index in [9.17, 15) is 4.79 Å². The first-order valence-corrected chi connectivity index (χ1v) is 9.32. The molecule has 3 heterocycles. The number of piperazine rings is 1. The molecule has 0 saturated carbocycles. The summed E-state index contributed by atoms with van der Waals surface area (Å²) in [5.41, 5.74) is 2.08. The summed E-state index contributed by atoms with van der Waals surface area (Å²) in [4.78, 5) is 21.3. The van der Waals surface area contributed by atoms with Gasteiger partial charge >= 0.3 is 0 Å². The molecule has 4 rings (SSSR count). The third kappa shape index (κ3) is 3.88. The number of hydrogen-bond acceptors (Lipinski definition) is 4. The van der Waals surface area contributed by atoms with Crippen LogP contribution in [0.5, 0.6) is 5.75 Å². The molecule has 26 heavy (non-hydrogen) atoms. The summed E-state index contributed by atoms with van der Waals surface area (Å²) in [6.07, 6.45) is 3.30. The number of fused-ring (bicyclic) bond motifs is 1. The molecule has 1 aromatic heterocycles. The van der Waals surface area contributed by atoms with Crippen LogP contribution in [-0.2, 0) is 11.2 Å². The Morgan fingerprint density at radius 1 is 1.15 bits per heavy atom. The minimum absolute atomic E-state index is 0.172. The molecule has 2 aromatic rings. The molecule has 5 nitrogen and oxygen atoms in total. The van der Waals surface area contributed by atoms with E-state index in [-0.39, 0.29) is 12.0 Å². The Morgan fingerprint density at radius 3 is 2.77 bits per heavy atom. The molecule has 2 aliphatic heterocycles. The van der Waals surface area contributed by atoms with Crippen molar-refractivity contribution in [3.63, 3.8) is 0 Å². The normalized spacial score (nSPS) is 22.9. The van der Waals surface area contributed by atoms with Gasteiger partial charge in [0, 0.05) is 50.5 Å². The predicted molar refractivity (Wildman–Crippen MR) is 100 cm³/mol. The number of benzene rings is 1. The number of nitrogens with zero attached hydrogens (tertiary/aromatic N) is 3. The lowest BCUT2D eigenvalue weighted by Crippen LogP contribution is -2.52. The number of carbonyl (C=O) groups is 1. The molecule has 1 aromatic carbocycles. The van der Waals surface area contributed by atoms with Gasteiger partial charge in [0.15, 0.2) is 0 Å². The highest BCUT2D eigenvalue weighted by Crippen LogP contribution is 2.26. The zero-order valence-corrected chi connectivity index (χ0v) is 15.2. The van der Waals surface area contributed by atoms with Crippen LogP contribution in [0, 0.1) is 6.92 Å². The molecular weight excluding hydrogens is 326 g/mol. The number of rotatable bonds is 4. The number of pyridine rings is 1. The number of aryl methyl sites for hydroxylation is 1. The van der Waals surface area contributed by atoms with Crippen molar-refractivity contribution in [1.82, 2.24) is 14.8 Å². The predicted octanol–water partition coefficient (Wildman–Crippen LogP) is 2.30. The second-order valence-electron chi connectivity index (χ2n) is 7.27. The van der Waals surface area contributed by atoms with E-state index < -0.39 is 0 Å². The number of ether oxygens (including phenoxy) is 1. The van der Waals surface area contributed by atoms with E-state index in [2.05, 4.69) is 28.9 Å². The van der Waals surface area contributed by atoms with E-state index in [4.69, 9.17) is 4.74 Å². The van der Waals surface area contributed by atoms with E-state index in [1.807, 2.05) is 35.2 Å². The molecule has 0 spiro atoms. The molecule has 0 aliphatic carbocycles. The third-order valence-electron chi connectivity index (χ3n) is 5.31. The Kier molecular flexibility index (Phi) is 4.89. The zero-order valence-electron chi connectivity index (χ0n) is 15.2. The molecule has 0 N–H and O–H groups in total. The molecule has 0 radical (unpaired) electrons. The van der Waals surface area contributed by atoms with E-state index in [0.717, 1.165) is 44.0 Å². The average molecular weight is 351 g/mol. The first-order valence-electron chi connectivity index (χ1n) is 9.32. The summed E-state index contributed by atoms with van der Waals surface area (Å²) in [6.45, 7) is 5.53. The SMILES string of the molecule is Cc1ccc(O[C@@H]2C[C@H]3CN(C(=O)Cc4ccccn4)CCN3C2)cc1. The second kappa shape index (κ2) is 7.46. The number of aromatic nitrogens is 1. The smallest absolute Gasteiger partial charge is 0.228 e. The first kappa shape index (κ1) is 17.0. The van der Waals surface area contributed by atoms with Gasteiger partial charge in [-0.25, -0.2) is 0 Å². The van der Waals surface area contributed by atoms with Gasteiger partial charge in [-0.3, -0.25) is 14.7 Å². The van der Waals surface area contributed by atoms with E-state index in [0.29, 0.717) is 12.5 Å². The molecule has 1 amide bonds. The van der Waals surface area contributed by atoms with E-state index in [1.54, 1.807) is 6.20 Å². The standard InChI is InChI=1S/C21H25N3O2/c1-16-5-7-19(8-6-16)26-20-13-18-14-24(11-10-23(18)15-20)21(25)12-17-4-2-3-9-22-17/h2-9,18,20H,10-15H2,1H3/t18-,20+/m0/s1. The third-order valence-corrected chi connectivity index (χ3v) is 5.31. The van der Waals surface area contributed by atoms with Crippen molar-refractivity contribution in [3.05, 3.63) is 59.9 Å². The van der Waals surface area contributed by atoms with Crippen molar-refractivity contribution >= 4 is 5.91 Å². The lowest BCUT2D eigenvalue weighted by atomic mass is 10.1. The maximum absolute atomic E-state index is 12.6. The van der Waals surface area contributed by atoms with Gasteiger partial charge in [0.1, 0.15) is 11.9 Å². The lowest BCUT2D eigenvalue weighted by molar-refractivity contribution is -0.133. The number of carbonyl (C=O) groups excluding carboxylic acids is 1. The van der Waals surface area contributed by atoms with Crippen molar-refractivity contribution in [2.45, 2.75) is 31.9 Å². The van der Waals surface area contributed by atoms with Gasteiger partial charge in [-0.2, -0.15) is 0 Å². The highest BCUT2D eigenvalue weighted by Gasteiger charge is 2.38. The Hall–Kier alpha value is -2.40. The molecule has 0 unspecified atom stereocenters. The van der Waals surface area contributed by atoms with Crippen LogP contribution in [-0.4, -0.2) is 59.0 Å². The molecule has 2 fully saturated rings. The highest BCUT2D eigenvalue weighted by molar-refractivity contribution is 5.78. The Morgan fingerprint density at radius 2 is 2.00 bits per heavy atom. The molecule has 2 atom stereocenters. The van der Waals surface area contributed by atoms with Gasteiger partial charge in [0.05, 0.1) is 6.42 Å². The van der Waals surface area contributed by atoms with Gasteiger partial charge in [0.2, 0.25) is 5.91 Å². The summed E-state index contributed by atoms with van der Waals surface area (Å²) in [6, 6.07) is 14.3. The fraction of sp³-hybridized carbons (Fsp3) is 0.429. The average Bonchev–Trinajstić information content (AvgIpc) is 3.06. The zero-order chi connectivity index (χ0) is 17.9. The van der Waals surface area contributed by atoms with Crippen LogP contribution in [0.3, 0.4) is 0 Å². The summed E-state index contributed by atoms with van der Waals surface area (Å²) in [5.74, 6) is 1.11. The van der Waals surface area contributed by atoms with Gasteiger partial charge in [-0.15, -0.1) is 0 Å². The van der Waals surface area contributed by atoms with Crippen LogP contribution >= 0.6 is 0 Å². The molecule has 2 saturated heterocycles. The van der Waals surface area contributed by atoms with Crippen molar-refractivity contribution in [2.24, 2.45) is 0 Å². The van der Waals surface area contributed by atoms with Crippen LogP contribution in [0.15, 0.2) is 48.7 Å². The van der Waals surface area contributed by atoms with Crippen LogP contribution in [0.4, 0.5) is 0 Å². The largest absolute Gasteiger partial charge is 0.489 e. The molecule has 0 bridgehead atoms. The maximum Gasteiger partial charge on any atom is 0.228 e. The van der Waals surface area contributed by atoms with Gasteiger partial charge in [-0.05, 0) is 31.2 Å². The maximum atomic E-state index is 12.6. The minimum Gasteiger partial charge on any atom is -0.489 e. The molecule has 136 valence electrons. The van der Waals surface area contributed by atoms with Crippen LogP contribution in [0.1, 0.15) is 17.7 Å². The van der Waals surface area contributed by atoms with Gasteiger partial charge in [-0.1, -0.05) is 23.8 Å². The van der Waals surface area contributed by atoms with Crippen molar-refractivity contribution in [2.75, 3.05) is 26.2 Å². The van der Waals surface area contributed by atoms with Crippen molar-refractivity contribution < 1.29 is 9.53 Å². The Balaban J connectivity index is 1.32. The summed E-state index contributed by atoms with van der Waals surface area (Å²) in [5, 5.41) is 0. The quantitative estimate of drug-likeness (QED) is 0.848.